The van der Waals surface area contributed by atoms with Crippen molar-refractivity contribution in [2.75, 3.05) is 6.61 Å². The Hall–Kier alpha value is -1.51. The van der Waals surface area contributed by atoms with Crippen molar-refractivity contribution in [3.63, 3.8) is 0 Å². The Balaban J connectivity index is 2.23. The van der Waals surface area contributed by atoms with Gasteiger partial charge in [-0.05, 0) is 63.0 Å². The third-order valence-electron chi connectivity index (χ3n) is 4.50. The highest BCUT2D eigenvalue weighted by molar-refractivity contribution is 5.73. The Kier molecular flexibility index (Phi) is 4.92. The van der Waals surface area contributed by atoms with E-state index in [1.165, 1.54) is 16.7 Å². The number of carboxylic acids is 1. The summed E-state index contributed by atoms with van der Waals surface area (Å²) >= 11 is 0. The summed E-state index contributed by atoms with van der Waals surface area (Å²) in [6.07, 6.45) is 2.81. The molecule has 0 amide bonds. The number of carbonyl (C=O) groups is 1. The number of benzene rings is 1. The first-order valence-corrected chi connectivity index (χ1v) is 7.94. The van der Waals surface area contributed by atoms with Gasteiger partial charge in [-0.2, -0.15) is 0 Å². The van der Waals surface area contributed by atoms with Crippen molar-refractivity contribution < 1.29 is 14.6 Å². The van der Waals surface area contributed by atoms with Crippen LogP contribution >= 0.6 is 0 Å². The van der Waals surface area contributed by atoms with Gasteiger partial charge >= 0.3 is 5.97 Å². The van der Waals surface area contributed by atoms with Crippen LogP contribution in [0.2, 0.25) is 0 Å². The molecule has 0 aromatic heterocycles. The summed E-state index contributed by atoms with van der Waals surface area (Å²) in [5.74, 6) is 0.963. The lowest BCUT2D eigenvalue weighted by atomic mass is 9.87. The molecule has 0 aliphatic heterocycles. The molecule has 21 heavy (non-hydrogen) atoms. The number of ether oxygens (including phenoxy) is 1. The van der Waals surface area contributed by atoms with Crippen LogP contribution in [0.1, 0.15) is 55.7 Å². The van der Waals surface area contributed by atoms with Crippen LogP contribution in [0, 0.1) is 25.7 Å². The molecule has 1 saturated carbocycles. The van der Waals surface area contributed by atoms with E-state index in [9.17, 15) is 4.79 Å². The molecule has 3 atom stereocenters. The topological polar surface area (TPSA) is 46.5 Å². The zero-order valence-corrected chi connectivity index (χ0v) is 13.5. The SMILES string of the molecule is CCOc1c(C)cc(C)cc1C(CC)CC1CC1C(=O)O. The minimum atomic E-state index is -0.639. The van der Waals surface area contributed by atoms with Gasteiger partial charge in [-0.3, -0.25) is 4.79 Å². The van der Waals surface area contributed by atoms with Gasteiger partial charge in [0.1, 0.15) is 5.75 Å². The van der Waals surface area contributed by atoms with Gasteiger partial charge < -0.3 is 9.84 Å². The molecule has 0 saturated heterocycles. The van der Waals surface area contributed by atoms with Crippen LogP contribution in [0.25, 0.3) is 0 Å². The minimum absolute atomic E-state index is 0.125. The van der Waals surface area contributed by atoms with Crippen LogP contribution in [0.4, 0.5) is 0 Å². The predicted octanol–water partition coefficient (Wildman–Crippen LogP) is 4.31. The van der Waals surface area contributed by atoms with Crippen molar-refractivity contribution >= 4 is 5.97 Å². The second kappa shape index (κ2) is 6.50. The molecule has 1 aromatic carbocycles. The molecule has 0 radical (unpaired) electrons. The van der Waals surface area contributed by atoms with Crippen molar-refractivity contribution in [2.45, 2.75) is 52.9 Å². The second-order valence-corrected chi connectivity index (χ2v) is 6.21. The molecule has 1 aliphatic carbocycles. The molecular weight excluding hydrogens is 264 g/mol. The van der Waals surface area contributed by atoms with E-state index in [4.69, 9.17) is 9.84 Å². The molecular formula is C18H26O3. The van der Waals surface area contributed by atoms with Gasteiger partial charge in [0.25, 0.3) is 0 Å². The molecule has 116 valence electrons. The van der Waals surface area contributed by atoms with Crippen LogP contribution in [-0.4, -0.2) is 17.7 Å². The molecule has 3 nitrogen and oxygen atoms in total. The Morgan fingerprint density at radius 2 is 2.10 bits per heavy atom. The lowest BCUT2D eigenvalue weighted by Gasteiger charge is -2.21. The molecule has 1 aliphatic rings. The van der Waals surface area contributed by atoms with E-state index < -0.39 is 5.97 Å². The largest absolute Gasteiger partial charge is 0.493 e. The summed E-state index contributed by atoms with van der Waals surface area (Å²) in [5, 5.41) is 9.08. The van der Waals surface area contributed by atoms with Gasteiger partial charge in [-0.25, -0.2) is 0 Å². The fourth-order valence-electron chi connectivity index (χ4n) is 3.32. The van der Waals surface area contributed by atoms with Crippen LogP contribution < -0.4 is 4.74 Å². The number of hydrogen-bond acceptors (Lipinski definition) is 2. The average molecular weight is 290 g/mol. The smallest absolute Gasteiger partial charge is 0.306 e. The summed E-state index contributed by atoms with van der Waals surface area (Å²) in [6.45, 7) is 9.04. The van der Waals surface area contributed by atoms with Crippen LogP contribution in [0.15, 0.2) is 12.1 Å². The van der Waals surface area contributed by atoms with E-state index >= 15 is 0 Å². The molecule has 3 heteroatoms. The Morgan fingerprint density at radius 1 is 1.38 bits per heavy atom. The van der Waals surface area contributed by atoms with Crippen LogP contribution in [-0.2, 0) is 4.79 Å². The normalized spacial score (nSPS) is 21.9. The van der Waals surface area contributed by atoms with Crippen molar-refractivity contribution in [3.05, 3.63) is 28.8 Å². The van der Waals surface area contributed by atoms with E-state index in [0.29, 0.717) is 18.4 Å². The number of aliphatic carboxylic acids is 1. The third kappa shape index (κ3) is 3.58. The molecule has 1 N–H and O–H groups in total. The summed E-state index contributed by atoms with van der Waals surface area (Å²) in [5.41, 5.74) is 3.68. The molecule has 1 fully saturated rings. The van der Waals surface area contributed by atoms with Crippen LogP contribution in [0.5, 0.6) is 5.75 Å². The average Bonchev–Trinajstić information content (AvgIpc) is 3.18. The maximum atomic E-state index is 11.0. The number of hydrogen-bond donors (Lipinski definition) is 1. The van der Waals surface area contributed by atoms with Gasteiger partial charge in [0.05, 0.1) is 12.5 Å². The number of carboxylic acid groups (broad SMARTS) is 1. The Labute approximate surface area is 127 Å². The van der Waals surface area contributed by atoms with E-state index in [1.54, 1.807) is 0 Å². The third-order valence-corrected chi connectivity index (χ3v) is 4.50. The highest BCUT2D eigenvalue weighted by Gasteiger charge is 2.44. The second-order valence-electron chi connectivity index (χ2n) is 6.21. The predicted molar refractivity (Wildman–Crippen MR) is 84.0 cm³/mol. The fourth-order valence-corrected chi connectivity index (χ4v) is 3.32. The standard InChI is InChI=1S/C18H26O3/c1-5-13(9-14-10-16(14)18(19)20)15-8-11(3)7-12(4)17(15)21-6-2/h7-8,13-14,16H,5-6,9-10H2,1-4H3,(H,19,20). The van der Waals surface area contributed by atoms with Crippen molar-refractivity contribution in [1.82, 2.24) is 0 Å². The van der Waals surface area contributed by atoms with Gasteiger partial charge in [0.2, 0.25) is 0 Å². The fraction of sp³-hybridized carbons (Fsp3) is 0.611. The van der Waals surface area contributed by atoms with Crippen molar-refractivity contribution in [3.8, 4) is 5.75 Å². The summed E-state index contributed by atoms with van der Waals surface area (Å²) in [7, 11) is 0. The lowest BCUT2D eigenvalue weighted by molar-refractivity contribution is -0.138. The Bertz CT molecular complexity index is 521. The van der Waals surface area contributed by atoms with Gasteiger partial charge in [-0.1, -0.05) is 24.6 Å². The van der Waals surface area contributed by atoms with Crippen molar-refractivity contribution in [2.24, 2.45) is 11.8 Å². The first-order chi connectivity index (χ1) is 9.97. The van der Waals surface area contributed by atoms with E-state index in [-0.39, 0.29) is 5.92 Å². The number of rotatable bonds is 7. The molecule has 0 spiro atoms. The van der Waals surface area contributed by atoms with Crippen molar-refractivity contribution in [1.29, 1.82) is 0 Å². The van der Waals surface area contributed by atoms with E-state index in [2.05, 4.69) is 32.9 Å². The zero-order valence-electron chi connectivity index (χ0n) is 13.5. The van der Waals surface area contributed by atoms with Crippen LogP contribution in [0.3, 0.4) is 0 Å². The summed E-state index contributed by atoms with van der Waals surface area (Å²) < 4.78 is 5.87. The van der Waals surface area contributed by atoms with E-state index in [1.807, 2.05) is 6.92 Å². The Morgan fingerprint density at radius 3 is 2.62 bits per heavy atom. The zero-order chi connectivity index (χ0) is 15.6. The summed E-state index contributed by atoms with van der Waals surface area (Å²) in [6, 6.07) is 4.36. The maximum absolute atomic E-state index is 11.0. The van der Waals surface area contributed by atoms with E-state index in [0.717, 1.165) is 25.0 Å². The maximum Gasteiger partial charge on any atom is 0.306 e. The van der Waals surface area contributed by atoms with Gasteiger partial charge in [0.15, 0.2) is 0 Å². The first-order valence-electron chi connectivity index (χ1n) is 7.94. The highest BCUT2D eigenvalue weighted by atomic mass is 16.5. The monoisotopic (exact) mass is 290 g/mol. The van der Waals surface area contributed by atoms with Gasteiger partial charge in [0, 0.05) is 0 Å². The minimum Gasteiger partial charge on any atom is -0.493 e. The lowest BCUT2D eigenvalue weighted by Crippen LogP contribution is -2.07. The number of aryl methyl sites for hydroxylation is 2. The summed E-state index contributed by atoms with van der Waals surface area (Å²) in [4.78, 5) is 11.0. The first kappa shape index (κ1) is 15.9. The molecule has 3 unspecified atom stereocenters. The molecule has 0 heterocycles. The molecule has 0 bridgehead atoms. The molecule has 2 rings (SSSR count). The molecule has 1 aromatic rings. The highest BCUT2D eigenvalue weighted by Crippen LogP contribution is 2.47. The van der Waals surface area contributed by atoms with Gasteiger partial charge in [-0.15, -0.1) is 0 Å². The quantitative estimate of drug-likeness (QED) is 0.814.